The summed E-state index contributed by atoms with van der Waals surface area (Å²) in [6.45, 7) is 2.17. The van der Waals surface area contributed by atoms with Crippen LogP contribution in [0.1, 0.15) is 23.7 Å². The molecule has 0 aromatic heterocycles. The average Bonchev–Trinajstić information content (AvgIpc) is 2.29. The van der Waals surface area contributed by atoms with Gasteiger partial charge in [-0.05, 0) is 13.0 Å². The molecular formula is C11H12BrNO4. The van der Waals surface area contributed by atoms with Gasteiger partial charge in [0.05, 0.1) is 17.6 Å². The van der Waals surface area contributed by atoms with E-state index in [2.05, 4.69) is 15.9 Å². The molecule has 1 aromatic carbocycles. The number of nitrogens with zero attached hydrogens (tertiary/aromatic N) is 1. The van der Waals surface area contributed by atoms with Gasteiger partial charge in [0.1, 0.15) is 5.75 Å². The number of rotatable bonds is 6. The number of nitro benzene ring substituents is 1. The number of nitro groups is 1. The van der Waals surface area contributed by atoms with Crippen LogP contribution in [0.15, 0.2) is 18.2 Å². The Morgan fingerprint density at radius 1 is 1.47 bits per heavy atom. The molecule has 0 saturated carbocycles. The van der Waals surface area contributed by atoms with Crippen molar-refractivity contribution in [3.05, 3.63) is 33.9 Å². The van der Waals surface area contributed by atoms with Crippen LogP contribution < -0.4 is 4.74 Å². The van der Waals surface area contributed by atoms with Crippen LogP contribution in [0.4, 0.5) is 5.69 Å². The zero-order valence-corrected chi connectivity index (χ0v) is 10.9. The number of halogens is 1. The third-order valence-electron chi connectivity index (χ3n) is 2.06. The summed E-state index contributed by atoms with van der Waals surface area (Å²) >= 11 is 3.16. The van der Waals surface area contributed by atoms with E-state index in [1.807, 2.05) is 0 Å². The lowest BCUT2D eigenvalue weighted by molar-refractivity contribution is -0.385. The molecular weight excluding hydrogens is 290 g/mol. The van der Waals surface area contributed by atoms with Crippen molar-refractivity contribution >= 4 is 27.4 Å². The number of hydrogen-bond acceptors (Lipinski definition) is 4. The number of benzene rings is 1. The van der Waals surface area contributed by atoms with Crippen LogP contribution in [0.5, 0.6) is 5.75 Å². The van der Waals surface area contributed by atoms with Gasteiger partial charge in [0.15, 0.2) is 5.78 Å². The van der Waals surface area contributed by atoms with E-state index in [1.165, 1.54) is 18.2 Å². The monoisotopic (exact) mass is 301 g/mol. The summed E-state index contributed by atoms with van der Waals surface area (Å²) in [4.78, 5) is 21.9. The second-order valence-corrected chi connectivity index (χ2v) is 4.06. The van der Waals surface area contributed by atoms with E-state index in [0.717, 1.165) is 0 Å². The van der Waals surface area contributed by atoms with Gasteiger partial charge in [0, 0.05) is 23.4 Å². The predicted molar refractivity (Wildman–Crippen MR) is 67.0 cm³/mol. The Balaban J connectivity index is 3.11. The van der Waals surface area contributed by atoms with Crippen molar-refractivity contribution in [2.75, 3.05) is 11.9 Å². The summed E-state index contributed by atoms with van der Waals surface area (Å²) < 4.78 is 5.20. The van der Waals surface area contributed by atoms with E-state index in [1.54, 1.807) is 6.92 Å². The van der Waals surface area contributed by atoms with Crippen molar-refractivity contribution in [3.8, 4) is 5.75 Å². The van der Waals surface area contributed by atoms with Crippen molar-refractivity contribution < 1.29 is 14.5 Å². The molecule has 1 aromatic rings. The third kappa shape index (κ3) is 3.81. The van der Waals surface area contributed by atoms with Crippen LogP contribution in [0.3, 0.4) is 0 Å². The van der Waals surface area contributed by atoms with Crippen molar-refractivity contribution in [3.63, 3.8) is 0 Å². The molecule has 0 spiro atoms. The molecule has 0 aliphatic rings. The fraction of sp³-hybridized carbons (Fsp3) is 0.364. The average molecular weight is 302 g/mol. The van der Waals surface area contributed by atoms with Gasteiger partial charge in [-0.25, -0.2) is 0 Å². The molecule has 92 valence electrons. The van der Waals surface area contributed by atoms with E-state index < -0.39 is 4.92 Å². The zero-order valence-electron chi connectivity index (χ0n) is 9.31. The number of alkyl halides is 1. The first-order valence-electron chi connectivity index (χ1n) is 5.10. The minimum Gasteiger partial charge on any atom is -0.494 e. The number of ether oxygens (including phenoxy) is 1. The van der Waals surface area contributed by atoms with Crippen LogP contribution in [-0.4, -0.2) is 22.6 Å². The van der Waals surface area contributed by atoms with Gasteiger partial charge in [-0.3, -0.25) is 14.9 Å². The summed E-state index contributed by atoms with van der Waals surface area (Å²) in [5, 5.41) is 11.2. The molecule has 0 saturated heterocycles. The Bertz CT molecular complexity index is 433. The summed E-state index contributed by atoms with van der Waals surface area (Å²) in [5.41, 5.74) is 0.177. The predicted octanol–water partition coefficient (Wildman–Crippen LogP) is 2.96. The molecule has 0 atom stereocenters. The van der Waals surface area contributed by atoms with Crippen LogP contribution in [-0.2, 0) is 0 Å². The maximum atomic E-state index is 11.7. The number of hydrogen-bond donors (Lipinski definition) is 0. The molecule has 0 unspecified atom stereocenters. The second-order valence-electron chi connectivity index (χ2n) is 3.27. The molecule has 1 rings (SSSR count). The van der Waals surface area contributed by atoms with E-state index >= 15 is 0 Å². The SMILES string of the molecule is CCOc1cc(C(=O)CCBr)cc([N+](=O)[O-])c1. The topological polar surface area (TPSA) is 69.4 Å². The molecule has 0 N–H and O–H groups in total. The van der Waals surface area contributed by atoms with Crippen LogP contribution in [0, 0.1) is 10.1 Å². The fourth-order valence-electron chi connectivity index (χ4n) is 1.33. The molecule has 0 amide bonds. The van der Waals surface area contributed by atoms with Gasteiger partial charge in [0.2, 0.25) is 0 Å². The molecule has 6 heteroatoms. The molecule has 0 radical (unpaired) electrons. The minimum absolute atomic E-state index is 0.131. The highest BCUT2D eigenvalue weighted by Gasteiger charge is 2.14. The Kier molecular flexibility index (Phi) is 5.09. The smallest absolute Gasteiger partial charge is 0.273 e. The van der Waals surface area contributed by atoms with Crippen LogP contribution >= 0.6 is 15.9 Å². The van der Waals surface area contributed by atoms with Crippen molar-refractivity contribution in [1.82, 2.24) is 0 Å². The maximum absolute atomic E-state index is 11.7. The zero-order chi connectivity index (χ0) is 12.8. The molecule has 0 aliphatic carbocycles. The van der Waals surface area contributed by atoms with Gasteiger partial charge in [-0.2, -0.15) is 0 Å². The summed E-state index contributed by atoms with van der Waals surface area (Å²) in [6, 6.07) is 4.11. The summed E-state index contributed by atoms with van der Waals surface area (Å²) in [5.74, 6) is 0.200. The Morgan fingerprint density at radius 3 is 2.71 bits per heavy atom. The van der Waals surface area contributed by atoms with Crippen LogP contribution in [0.25, 0.3) is 0 Å². The molecule has 0 bridgehead atoms. The number of ketones is 1. The fourth-order valence-corrected chi connectivity index (χ4v) is 1.69. The van der Waals surface area contributed by atoms with E-state index in [4.69, 9.17) is 4.74 Å². The molecule has 0 aliphatic heterocycles. The maximum Gasteiger partial charge on any atom is 0.273 e. The number of carbonyl (C=O) groups is 1. The number of carbonyl (C=O) groups excluding carboxylic acids is 1. The highest BCUT2D eigenvalue weighted by Crippen LogP contribution is 2.23. The Morgan fingerprint density at radius 2 is 2.18 bits per heavy atom. The van der Waals surface area contributed by atoms with Gasteiger partial charge < -0.3 is 4.74 Å². The quantitative estimate of drug-likeness (QED) is 0.350. The lowest BCUT2D eigenvalue weighted by Gasteiger charge is -2.05. The first kappa shape index (κ1) is 13.6. The van der Waals surface area contributed by atoms with Gasteiger partial charge >= 0.3 is 0 Å². The second kappa shape index (κ2) is 6.34. The van der Waals surface area contributed by atoms with Crippen molar-refractivity contribution in [2.45, 2.75) is 13.3 Å². The largest absolute Gasteiger partial charge is 0.494 e. The van der Waals surface area contributed by atoms with E-state index in [0.29, 0.717) is 29.7 Å². The molecule has 0 heterocycles. The molecule has 0 fully saturated rings. The Labute approximate surface area is 107 Å². The summed E-state index contributed by atoms with van der Waals surface area (Å²) in [7, 11) is 0. The number of non-ortho nitro benzene ring substituents is 1. The first-order chi connectivity index (χ1) is 8.08. The van der Waals surface area contributed by atoms with E-state index in [9.17, 15) is 14.9 Å². The highest BCUT2D eigenvalue weighted by atomic mass is 79.9. The standard InChI is InChI=1S/C11H12BrNO4/c1-2-17-10-6-8(11(14)3-4-12)5-9(7-10)13(15)16/h5-7H,2-4H2,1H3. The molecule has 17 heavy (non-hydrogen) atoms. The van der Waals surface area contributed by atoms with Crippen LogP contribution in [0.2, 0.25) is 0 Å². The molecule has 5 nitrogen and oxygen atoms in total. The van der Waals surface area contributed by atoms with E-state index in [-0.39, 0.29) is 11.5 Å². The van der Waals surface area contributed by atoms with Gasteiger partial charge in [-0.15, -0.1) is 0 Å². The Hall–Kier alpha value is -1.43. The van der Waals surface area contributed by atoms with Gasteiger partial charge in [-0.1, -0.05) is 15.9 Å². The van der Waals surface area contributed by atoms with Crippen molar-refractivity contribution in [1.29, 1.82) is 0 Å². The summed E-state index contributed by atoms with van der Waals surface area (Å²) in [6.07, 6.45) is 0.298. The minimum atomic E-state index is -0.534. The lowest BCUT2D eigenvalue weighted by atomic mass is 10.1. The lowest BCUT2D eigenvalue weighted by Crippen LogP contribution is -2.02. The highest BCUT2D eigenvalue weighted by molar-refractivity contribution is 9.09. The third-order valence-corrected chi connectivity index (χ3v) is 2.45. The van der Waals surface area contributed by atoms with Gasteiger partial charge in [0.25, 0.3) is 5.69 Å². The first-order valence-corrected chi connectivity index (χ1v) is 6.22. The van der Waals surface area contributed by atoms with Crippen molar-refractivity contribution in [2.24, 2.45) is 0 Å². The normalized spacial score (nSPS) is 10.0. The number of Topliss-reactive ketones (excluding diaryl/α,β-unsaturated/α-hetero) is 1.